The Balaban J connectivity index is 1.20. The standard InChI is InChI=1S/C24H26N6O2S/c1-17-26-16-30(27-17)21-7-6-19(14-22(21)32-2)28-9-11-29(12-10-28)24(31)25-15-18-4-3-5-23-20(18)8-13-33-23/h3-8,13-14,16H,9-12,15H2,1-2H3,(H,25,31). The Kier molecular flexibility index (Phi) is 5.87. The van der Waals surface area contributed by atoms with Crippen LogP contribution >= 0.6 is 11.3 Å². The number of carbonyl (C=O) groups excluding carboxylic acids is 1. The van der Waals surface area contributed by atoms with E-state index in [0.29, 0.717) is 25.5 Å². The van der Waals surface area contributed by atoms with Crippen molar-refractivity contribution in [3.05, 3.63) is 65.6 Å². The fourth-order valence-electron chi connectivity index (χ4n) is 4.18. The van der Waals surface area contributed by atoms with Crippen LogP contribution in [0, 0.1) is 6.92 Å². The van der Waals surface area contributed by atoms with Gasteiger partial charge in [0.25, 0.3) is 0 Å². The van der Waals surface area contributed by atoms with Crippen molar-refractivity contribution >= 4 is 33.1 Å². The Morgan fingerprint density at radius 3 is 2.76 bits per heavy atom. The van der Waals surface area contributed by atoms with Crippen LogP contribution < -0.4 is 15.0 Å². The first-order chi connectivity index (χ1) is 16.1. The molecule has 1 fully saturated rings. The number of carbonyl (C=O) groups is 1. The molecule has 3 heterocycles. The molecule has 2 aromatic heterocycles. The SMILES string of the molecule is COc1cc(N2CCN(C(=O)NCc3cccc4sccc34)CC2)ccc1-n1cnc(C)n1. The highest BCUT2D eigenvalue weighted by Crippen LogP contribution is 2.29. The minimum absolute atomic E-state index is 0.0173. The molecule has 1 N–H and O–H groups in total. The first-order valence-corrected chi connectivity index (χ1v) is 11.8. The predicted molar refractivity (Wildman–Crippen MR) is 130 cm³/mol. The van der Waals surface area contributed by atoms with Crippen LogP contribution in [0.3, 0.4) is 0 Å². The van der Waals surface area contributed by atoms with Crippen molar-refractivity contribution < 1.29 is 9.53 Å². The van der Waals surface area contributed by atoms with Crippen LogP contribution in [0.15, 0.2) is 54.2 Å². The van der Waals surface area contributed by atoms with E-state index >= 15 is 0 Å². The van der Waals surface area contributed by atoms with Crippen LogP contribution in [-0.2, 0) is 6.54 Å². The number of aryl methyl sites for hydroxylation is 1. The predicted octanol–water partition coefficient (Wildman–Crippen LogP) is 3.83. The van der Waals surface area contributed by atoms with Crippen LogP contribution in [0.5, 0.6) is 5.75 Å². The number of piperazine rings is 1. The number of nitrogens with zero attached hydrogens (tertiary/aromatic N) is 5. The lowest BCUT2D eigenvalue weighted by Gasteiger charge is -2.36. The summed E-state index contributed by atoms with van der Waals surface area (Å²) in [5.41, 5.74) is 3.06. The summed E-state index contributed by atoms with van der Waals surface area (Å²) in [5.74, 6) is 1.45. The largest absolute Gasteiger partial charge is 0.494 e. The zero-order chi connectivity index (χ0) is 22.8. The van der Waals surface area contributed by atoms with Gasteiger partial charge in [-0.05, 0) is 47.5 Å². The van der Waals surface area contributed by atoms with Crippen LogP contribution in [0.4, 0.5) is 10.5 Å². The van der Waals surface area contributed by atoms with E-state index in [4.69, 9.17) is 4.74 Å². The van der Waals surface area contributed by atoms with Crippen molar-refractivity contribution in [2.45, 2.75) is 13.5 Å². The van der Waals surface area contributed by atoms with E-state index < -0.39 is 0 Å². The number of amides is 2. The van der Waals surface area contributed by atoms with E-state index in [2.05, 4.69) is 49.9 Å². The first-order valence-electron chi connectivity index (χ1n) is 10.9. The molecule has 9 heteroatoms. The van der Waals surface area contributed by atoms with Gasteiger partial charge in [0, 0.05) is 49.2 Å². The van der Waals surface area contributed by atoms with E-state index in [1.54, 1.807) is 29.5 Å². The molecule has 4 aromatic rings. The average Bonchev–Trinajstić information content (AvgIpc) is 3.51. The smallest absolute Gasteiger partial charge is 0.317 e. The highest BCUT2D eigenvalue weighted by molar-refractivity contribution is 7.17. The van der Waals surface area contributed by atoms with Crippen LogP contribution in [-0.4, -0.2) is 59.0 Å². The van der Waals surface area contributed by atoms with E-state index in [1.807, 2.05) is 30.0 Å². The lowest BCUT2D eigenvalue weighted by atomic mass is 10.1. The van der Waals surface area contributed by atoms with Crippen LogP contribution in [0.1, 0.15) is 11.4 Å². The number of methoxy groups -OCH3 is 1. The summed E-state index contributed by atoms with van der Waals surface area (Å²) in [6, 6.07) is 14.4. The zero-order valence-electron chi connectivity index (χ0n) is 18.7. The summed E-state index contributed by atoms with van der Waals surface area (Å²) >= 11 is 1.72. The first kappa shape index (κ1) is 21.3. The molecule has 2 aromatic carbocycles. The number of thiophene rings is 1. The summed E-state index contributed by atoms with van der Waals surface area (Å²) in [6.07, 6.45) is 1.68. The van der Waals surface area contributed by atoms with Crippen molar-refractivity contribution in [1.82, 2.24) is 25.0 Å². The second kappa shape index (κ2) is 9.11. The molecule has 0 atom stereocenters. The van der Waals surface area contributed by atoms with Gasteiger partial charge in [-0.3, -0.25) is 0 Å². The van der Waals surface area contributed by atoms with E-state index in [9.17, 15) is 4.79 Å². The highest BCUT2D eigenvalue weighted by Gasteiger charge is 2.22. The van der Waals surface area contributed by atoms with Crippen molar-refractivity contribution in [2.75, 3.05) is 38.2 Å². The molecule has 8 nitrogen and oxygen atoms in total. The van der Waals surface area contributed by atoms with Gasteiger partial charge in [0.15, 0.2) is 0 Å². The molecule has 1 saturated heterocycles. The topological polar surface area (TPSA) is 75.5 Å². The molecule has 1 aliphatic heterocycles. The molecule has 0 unspecified atom stereocenters. The molecule has 170 valence electrons. The highest BCUT2D eigenvalue weighted by atomic mass is 32.1. The summed E-state index contributed by atoms with van der Waals surface area (Å²) in [6.45, 7) is 5.25. The van der Waals surface area contributed by atoms with Gasteiger partial charge in [-0.1, -0.05) is 12.1 Å². The maximum Gasteiger partial charge on any atom is 0.317 e. The maximum atomic E-state index is 12.8. The third-order valence-corrected chi connectivity index (χ3v) is 6.85. The second-order valence-corrected chi connectivity index (χ2v) is 8.92. The zero-order valence-corrected chi connectivity index (χ0v) is 19.5. The maximum absolute atomic E-state index is 12.8. The molecule has 33 heavy (non-hydrogen) atoms. The number of hydrogen-bond acceptors (Lipinski definition) is 6. The minimum atomic E-state index is -0.0173. The molecule has 0 bridgehead atoms. The number of benzene rings is 2. The van der Waals surface area contributed by atoms with Gasteiger partial charge in [-0.25, -0.2) is 14.5 Å². The Bertz CT molecular complexity index is 1270. The summed E-state index contributed by atoms with van der Waals surface area (Å²) in [4.78, 5) is 21.1. The second-order valence-electron chi connectivity index (χ2n) is 7.97. The number of hydrogen-bond donors (Lipinski definition) is 1. The summed E-state index contributed by atoms with van der Waals surface area (Å²) in [5, 5.41) is 10.8. The lowest BCUT2D eigenvalue weighted by Crippen LogP contribution is -2.51. The molecular formula is C24H26N6O2S. The van der Waals surface area contributed by atoms with Gasteiger partial charge in [0.1, 0.15) is 23.6 Å². The lowest BCUT2D eigenvalue weighted by molar-refractivity contribution is 0.194. The normalized spacial score (nSPS) is 14.0. The van der Waals surface area contributed by atoms with Crippen molar-refractivity contribution in [3.63, 3.8) is 0 Å². The van der Waals surface area contributed by atoms with Gasteiger partial charge < -0.3 is 19.9 Å². The number of nitrogens with one attached hydrogen (secondary N) is 1. The van der Waals surface area contributed by atoms with Crippen LogP contribution in [0.2, 0.25) is 0 Å². The Hall–Kier alpha value is -3.59. The van der Waals surface area contributed by atoms with Gasteiger partial charge in [-0.2, -0.15) is 5.10 Å². The molecular weight excluding hydrogens is 436 g/mol. The number of urea groups is 1. The molecule has 0 spiro atoms. The number of ether oxygens (including phenoxy) is 1. The van der Waals surface area contributed by atoms with Gasteiger partial charge in [0.2, 0.25) is 0 Å². The molecule has 0 radical (unpaired) electrons. The fourth-order valence-corrected chi connectivity index (χ4v) is 5.01. The van der Waals surface area contributed by atoms with Crippen molar-refractivity contribution in [2.24, 2.45) is 0 Å². The van der Waals surface area contributed by atoms with Gasteiger partial charge >= 0.3 is 6.03 Å². The van der Waals surface area contributed by atoms with E-state index in [1.165, 1.54) is 10.1 Å². The average molecular weight is 463 g/mol. The third kappa shape index (κ3) is 4.36. The van der Waals surface area contributed by atoms with Gasteiger partial charge in [-0.15, -0.1) is 11.3 Å². The summed E-state index contributed by atoms with van der Waals surface area (Å²) < 4.78 is 8.57. The van der Waals surface area contributed by atoms with E-state index in [0.717, 1.165) is 35.8 Å². The number of aromatic nitrogens is 3. The molecule has 5 rings (SSSR count). The Morgan fingerprint density at radius 2 is 2.00 bits per heavy atom. The Morgan fingerprint density at radius 1 is 1.15 bits per heavy atom. The summed E-state index contributed by atoms with van der Waals surface area (Å²) in [7, 11) is 1.66. The third-order valence-electron chi connectivity index (χ3n) is 5.96. The van der Waals surface area contributed by atoms with Crippen LogP contribution in [0.25, 0.3) is 15.8 Å². The van der Waals surface area contributed by atoms with Gasteiger partial charge in [0.05, 0.1) is 7.11 Å². The molecule has 1 aliphatic rings. The molecule has 0 aliphatic carbocycles. The minimum Gasteiger partial charge on any atom is -0.494 e. The number of rotatable bonds is 5. The molecule has 0 saturated carbocycles. The Labute approximate surface area is 196 Å². The monoisotopic (exact) mass is 462 g/mol. The van der Waals surface area contributed by atoms with E-state index in [-0.39, 0.29) is 6.03 Å². The fraction of sp³-hybridized carbons (Fsp3) is 0.292. The molecule has 2 amide bonds. The number of anilines is 1. The number of fused-ring (bicyclic) bond motifs is 1. The van der Waals surface area contributed by atoms with Crippen molar-refractivity contribution in [1.29, 1.82) is 0 Å². The van der Waals surface area contributed by atoms with Crippen molar-refractivity contribution in [3.8, 4) is 11.4 Å². The quantitative estimate of drug-likeness (QED) is 0.488.